The number of piperidine rings is 1. The molecule has 154 valence electrons. The van der Waals surface area contributed by atoms with Gasteiger partial charge in [0.1, 0.15) is 0 Å². The third-order valence-corrected chi connectivity index (χ3v) is 6.77. The van der Waals surface area contributed by atoms with E-state index in [-0.39, 0.29) is 17.2 Å². The highest BCUT2D eigenvalue weighted by atomic mass is 32.2. The average Bonchev–Trinajstić information content (AvgIpc) is 2.73. The lowest BCUT2D eigenvalue weighted by molar-refractivity contribution is 0.101. The van der Waals surface area contributed by atoms with E-state index in [9.17, 15) is 18.0 Å². The summed E-state index contributed by atoms with van der Waals surface area (Å²) in [7, 11) is -3.46. The van der Waals surface area contributed by atoms with E-state index < -0.39 is 16.1 Å². The quantitative estimate of drug-likeness (QED) is 0.707. The summed E-state index contributed by atoms with van der Waals surface area (Å²) in [6.07, 6.45) is 2.86. The molecule has 2 N–H and O–H groups in total. The molecule has 3 rings (SSSR count). The number of benzene rings is 2. The van der Waals surface area contributed by atoms with Gasteiger partial charge in [0.05, 0.1) is 4.90 Å². The topological polar surface area (TPSA) is 95.6 Å². The summed E-state index contributed by atoms with van der Waals surface area (Å²) in [5.74, 6) is -0.0753. The Morgan fingerprint density at radius 2 is 1.69 bits per heavy atom. The maximum atomic E-state index is 12.7. The summed E-state index contributed by atoms with van der Waals surface area (Å²) in [5.41, 5.74) is 1.83. The zero-order chi connectivity index (χ0) is 20.9. The summed E-state index contributed by atoms with van der Waals surface area (Å²) in [6, 6.07) is 12.9. The third kappa shape index (κ3) is 5.42. The standard InChI is InChI=1S/C21H25N3O4S/c1-16(25)18-6-5-7-19(14-18)23-21(26)22-15-17-8-10-20(11-9-17)29(27,28)24-12-3-2-4-13-24/h5-11,14H,2-4,12-13,15H2,1H3,(H2,22,23,26). The molecule has 29 heavy (non-hydrogen) atoms. The number of amides is 2. The van der Waals surface area contributed by atoms with Gasteiger partial charge in [0.2, 0.25) is 10.0 Å². The molecule has 1 fully saturated rings. The van der Waals surface area contributed by atoms with Crippen molar-refractivity contribution in [3.63, 3.8) is 0 Å². The van der Waals surface area contributed by atoms with Crippen molar-refractivity contribution in [1.29, 1.82) is 0 Å². The zero-order valence-electron chi connectivity index (χ0n) is 16.3. The lowest BCUT2D eigenvalue weighted by atomic mass is 10.1. The number of Topliss-reactive ketones (excluding diaryl/α,β-unsaturated/α-hetero) is 1. The molecule has 0 atom stereocenters. The van der Waals surface area contributed by atoms with Crippen molar-refractivity contribution < 1.29 is 18.0 Å². The first-order valence-corrected chi connectivity index (χ1v) is 11.1. The number of nitrogens with one attached hydrogen (secondary N) is 2. The van der Waals surface area contributed by atoms with E-state index in [0.717, 1.165) is 24.8 Å². The molecule has 0 bridgehead atoms. The summed E-state index contributed by atoms with van der Waals surface area (Å²) in [4.78, 5) is 23.8. The molecule has 0 unspecified atom stereocenters. The molecular formula is C21H25N3O4S. The van der Waals surface area contributed by atoms with Gasteiger partial charge < -0.3 is 10.6 Å². The van der Waals surface area contributed by atoms with E-state index in [1.807, 2.05) is 0 Å². The van der Waals surface area contributed by atoms with Gasteiger partial charge in [-0.25, -0.2) is 13.2 Å². The molecule has 2 amide bonds. The molecule has 8 heteroatoms. The second-order valence-corrected chi connectivity index (χ2v) is 8.99. The number of hydrogen-bond donors (Lipinski definition) is 2. The number of hydrogen-bond acceptors (Lipinski definition) is 4. The highest BCUT2D eigenvalue weighted by molar-refractivity contribution is 7.89. The summed E-state index contributed by atoms with van der Waals surface area (Å²) in [6.45, 7) is 2.85. The SMILES string of the molecule is CC(=O)c1cccc(NC(=O)NCc2ccc(S(=O)(=O)N3CCCCC3)cc2)c1. The number of sulfonamides is 1. The first-order chi connectivity index (χ1) is 13.9. The fraction of sp³-hybridized carbons (Fsp3) is 0.333. The number of urea groups is 1. The van der Waals surface area contributed by atoms with Gasteiger partial charge in [0.25, 0.3) is 0 Å². The first-order valence-electron chi connectivity index (χ1n) is 9.61. The van der Waals surface area contributed by atoms with Crippen LogP contribution in [0.1, 0.15) is 42.1 Å². The lowest BCUT2D eigenvalue weighted by Crippen LogP contribution is -2.35. The summed E-state index contributed by atoms with van der Waals surface area (Å²) < 4.78 is 26.9. The fourth-order valence-electron chi connectivity index (χ4n) is 3.21. The van der Waals surface area contributed by atoms with Gasteiger partial charge in [0, 0.05) is 30.9 Å². The van der Waals surface area contributed by atoms with Crippen LogP contribution in [0.15, 0.2) is 53.4 Å². The van der Waals surface area contributed by atoms with Gasteiger partial charge in [-0.15, -0.1) is 0 Å². The second kappa shape index (κ2) is 9.19. The third-order valence-electron chi connectivity index (χ3n) is 4.86. The molecule has 1 heterocycles. The van der Waals surface area contributed by atoms with Crippen LogP contribution >= 0.6 is 0 Å². The van der Waals surface area contributed by atoms with Crippen molar-refractivity contribution in [3.8, 4) is 0 Å². The highest BCUT2D eigenvalue weighted by Gasteiger charge is 2.25. The van der Waals surface area contributed by atoms with Crippen LogP contribution in [0.4, 0.5) is 10.5 Å². The molecule has 1 aliphatic heterocycles. The minimum absolute atomic E-state index is 0.0753. The molecule has 2 aromatic carbocycles. The van der Waals surface area contributed by atoms with Crippen molar-refractivity contribution >= 4 is 27.5 Å². The largest absolute Gasteiger partial charge is 0.334 e. The maximum absolute atomic E-state index is 12.7. The molecule has 1 saturated heterocycles. The molecule has 1 aliphatic rings. The van der Waals surface area contributed by atoms with Crippen LogP contribution in [0, 0.1) is 0 Å². The van der Waals surface area contributed by atoms with E-state index in [2.05, 4.69) is 10.6 Å². The Morgan fingerprint density at radius 3 is 2.34 bits per heavy atom. The van der Waals surface area contributed by atoms with Crippen molar-refractivity contribution in [2.75, 3.05) is 18.4 Å². The van der Waals surface area contributed by atoms with Crippen molar-refractivity contribution in [2.45, 2.75) is 37.6 Å². The normalized spacial score (nSPS) is 14.9. The Bertz CT molecular complexity index is 981. The van der Waals surface area contributed by atoms with E-state index in [1.54, 1.807) is 48.5 Å². The number of carbonyl (C=O) groups is 2. The van der Waals surface area contributed by atoms with Crippen LogP contribution in [0.5, 0.6) is 0 Å². The molecule has 0 aliphatic carbocycles. The van der Waals surface area contributed by atoms with E-state index in [1.165, 1.54) is 11.2 Å². The number of nitrogens with zero attached hydrogens (tertiary/aromatic N) is 1. The van der Waals surface area contributed by atoms with Gasteiger partial charge in [-0.05, 0) is 49.6 Å². The number of carbonyl (C=O) groups excluding carboxylic acids is 2. The van der Waals surface area contributed by atoms with Crippen molar-refractivity contribution in [3.05, 3.63) is 59.7 Å². The average molecular weight is 416 g/mol. The van der Waals surface area contributed by atoms with E-state index in [4.69, 9.17) is 0 Å². The minimum Gasteiger partial charge on any atom is -0.334 e. The van der Waals surface area contributed by atoms with Gasteiger partial charge in [-0.3, -0.25) is 4.79 Å². The van der Waals surface area contributed by atoms with Crippen LogP contribution in [0.3, 0.4) is 0 Å². The maximum Gasteiger partial charge on any atom is 0.319 e. The van der Waals surface area contributed by atoms with Crippen LogP contribution in [-0.4, -0.2) is 37.6 Å². The second-order valence-electron chi connectivity index (χ2n) is 7.05. The molecule has 0 aromatic heterocycles. The number of ketones is 1. The van der Waals surface area contributed by atoms with Gasteiger partial charge in [-0.1, -0.05) is 30.7 Å². The zero-order valence-corrected chi connectivity index (χ0v) is 17.2. The molecule has 0 saturated carbocycles. The van der Waals surface area contributed by atoms with Gasteiger partial charge in [0.15, 0.2) is 5.78 Å². The van der Waals surface area contributed by atoms with Crippen LogP contribution in [0.25, 0.3) is 0 Å². The van der Waals surface area contributed by atoms with Crippen LogP contribution < -0.4 is 10.6 Å². The first kappa shape index (κ1) is 21.0. The number of rotatable bonds is 6. The minimum atomic E-state index is -3.46. The summed E-state index contributed by atoms with van der Waals surface area (Å²) >= 11 is 0. The molecule has 0 spiro atoms. The highest BCUT2D eigenvalue weighted by Crippen LogP contribution is 2.21. The van der Waals surface area contributed by atoms with Gasteiger partial charge in [-0.2, -0.15) is 4.31 Å². The molecule has 2 aromatic rings. The summed E-state index contributed by atoms with van der Waals surface area (Å²) in [5, 5.41) is 5.40. The Morgan fingerprint density at radius 1 is 1.00 bits per heavy atom. The van der Waals surface area contributed by atoms with Crippen molar-refractivity contribution in [1.82, 2.24) is 9.62 Å². The Kier molecular flexibility index (Phi) is 6.66. The van der Waals surface area contributed by atoms with E-state index >= 15 is 0 Å². The van der Waals surface area contributed by atoms with Crippen molar-refractivity contribution in [2.24, 2.45) is 0 Å². The van der Waals surface area contributed by atoms with Crippen LogP contribution in [0.2, 0.25) is 0 Å². The predicted molar refractivity (Wildman–Crippen MR) is 111 cm³/mol. The Balaban J connectivity index is 1.56. The predicted octanol–water partition coefficient (Wildman–Crippen LogP) is 3.39. The fourth-order valence-corrected chi connectivity index (χ4v) is 4.72. The molecule has 0 radical (unpaired) electrons. The smallest absolute Gasteiger partial charge is 0.319 e. The Labute approximate surface area is 171 Å². The molecular weight excluding hydrogens is 390 g/mol. The number of anilines is 1. The molecule has 7 nitrogen and oxygen atoms in total. The van der Waals surface area contributed by atoms with E-state index in [0.29, 0.717) is 24.3 Å². The van der Waals surface area contributed by atoms with Crippen LogP contribution in [-0.2, 0) is 16.6 Å². The van der Waals surface area contributed by atoms with Gasteiger partial charge >= 0.3 is 6.03 Å². The lowest BCUT2D eigenvalue weighted by Gasteiger charge is -2.25. The monoisotopic (exact) mass is 415 g/mol. The Hall–Kier alpha value is -2.71.